The Balaban J connectivity index is 1.74. The van der Waals surface area contributed by atoms with Crippen molar-refractivity contribution >= 4 is 11.9 Å². The first-order chi connectivity index (χ1) is 10.7. The first kappa shape index (κ1) is 13.9. The minimum Gasteiger partial charge on any atom is -0.289 e. The molecule has 5 heteroatoms. The summed E-state index contributed by atoms with van der Waals surface area (Å²) >= 11 is 0. The van der Waals surface area contributed by atoms with Gasteiger partial charge in [-0.15, -0.1) is 0 Å². The molecule has 0 fully saturated rings. The van der Waals surface area contributed by atoms with Gasteiger partial charge >= 0.3 is 0 Å². The van der Waals surface area contributed by atoms with Crippen LogP contribution in [0.2, 0.25) is 0 Å². The van der Waals surface area contributed by atoms with E-state index in [4.69, 9.17) is 0 Å². The second kappa shape index (κ2) is 6.13. The Morgan fingerprint density at radius 1 is 1.14 bits per heavy atom. The summed E-state index contributed by atoms with van der Waals surface area (Å²) in [6.45, 7) is 0. The van der Waals surface area contributed by atoms with Crippen LogP contribution in [0, 0.1) is 5.82 Å². The van der Waals surface area contributed by atoms with Gasteiger partial charge in [-0.25, -0.2) is 14.1 Å². The third kappa shape index (κ3) is 3.15. The Morgan fingerprint density at radius 2 is 1.95 bits per heavy atom. The number of carbonyl (C=O) groups is 1. The molecule has 0 saturated heterocycles. The smallest absolute Gasteiger partial charge is 0.185 e. The summed E-state index contributed by atoms with van der Waals surface area (Å²) < 4.78 is 14.7. The van der Waals surface area contributed by atoms with E-state index in [1.165, 1.54) is 30.6 Å². The van der Waals surface area contributed by atoms with Crippen LogP contribution in [0.3, 0.4) is 0 Å². The normalized spacial score (nSPS) is 11.0. The maximum Gasteiger partial charge on any atom is 0.185 e. The molecule has 0 aliphatic heterocycles. The third-order valence-corrected chi connectivity index (χ3v) is 3.11. The van der Waals surface area contributed by atoms with Crippen LogP contribution < -0.4 is 0 Å². The SMILES string of the molecule is O=C(C=Cc1ccc(-n2cncn2)cc1)c1cccc(F)c1. The Hall–Kier alpha value is -3.08. The van der Waals surface area contributed by atoms with Crippen LogP contribution in [-0.2, 0) is 0 Å². The Morgan fingerprint density at radius 3 is 2.64 bits per heavy atom. The Bertz CT molecular complexity index is 808. The van der Waals surface area contributed by atoms with Crippen LogP contribution in [-0.4, -0.2) is 20.5 Å². The van der Waals surface area contributed by atoms with E-state index in [0.29, 0.717) is 5.56 Å². The maximum absolute atomic E-state index is 13.1. The highest BCUT2D eigenvalue weighted by Crippen LogP contribution is 2.11. The van der Waals surface area contributed by atoms with Crippen LogP contribution in [0.25, 0.3) is 11.8 Å². The van der Waals surface area contributed by atoms with Crippen molar-refractivity contribution in [1.82, 2.24) is 14.8 Å². The number of halogens is 1. The van der Waals surface area contributed by atoms with Gasteiger partial charge in [-0.2, -0.15) is 5.10 Å². The summed E-state index contributed by atoms with van der Waals surface area (Å²) in [7, 11) is 0. The van der Waals surface area contributed by atoms with Gasteiger partial charge in [0.15, 0.2) is 5.78 Å². The summed E-state index contributed by atoms with van der Waals surface area (Å²) in [6, 6.07) is 13.1. The Kier molecular flexibility index (Phi) is 3.87. The highest BCUT2D eigenvalue weighted by atomic mass is 19.1. The van der Waals surface area contributed by atoms with Gasteiger partial charge in [-0.1, -0.05) is 30.3 Å². The fourth-order valence-corrected chi connectivity index (χ4v) is 1.99. The van der Waals surface area contributed by atoms with Gasteiger partial charge in [0.2, 0.25) is 0 Å². The lowest BCUT2D eigenvalue weighted by Gasteiger charge is -2.00. The molecule has 22 heavy (non-hydrogen) atoms. The van der Waals surface area contributed by atoms with Gasteiger partial charge in [0.1, 0.15) is 18.5 Å². The van der Waals surface area contributed by atoms with Crippen molar-refractivity contribution in [1.29, 1.82) is 0 Å². The van der Waals surface area contributed by atoms with E-state index < -0.39 is 5.82 Å². The zero-order chi connectivity index (χ0) is 15.4. The van der Waals surface area contributed by atoms with Gasteiger partial charge in [0.05, 0.1) is 5.69 Å². The molecule has 4 nitrogen and oxygen atoms in total. The first-order valence-corrected chi connectivity index (χ1v) is 6.65. The highest BCUT2D eigenvalue weighted by Gasteiger charge is 2.02. The van der Waals surface area contributed by atoms with Crippen molar-refractivity contribution in [2.75, 3.05) is 0 Å². The highest BCUT2D eigenvalue weighted by molar-refractivity contribution is 6.06. The lowest BCUT2D eigenvalue weighted by atomic mass is 10.1. The molecule has 3 rings (SSSR count). The van der Waals surface area contributed by atoms with E-state index in [0.717, 1.165) is 11.3 Å². The molecule has 0 unspecified atom stereocenters. The van der Waals surface area contributed by atoms with E-state index in [2.05, 4.69) is 10.1 Å². The largest absolute Gasteiger partial charge is 0.289 e. The maximum atomic E-state index is 13.1. The second-order valence-electron chi connectivity index (χ2n) is 4.64. The van der Waals surface area contributed by atoms with Gasteiger partial charge < -0.3 is 0 Å². The molecule has 0 bridgehead atoms. The fourth-order valence-electron chi connectivity index (χ4n) is 1.99. The summed E-state index contributed by atoms with van der Waals surface area (Å²) in [5.74, 6) is -0.656. The van der Waals surface area contributed by atoms with Crippen molar-refractivity contribution in [2.45, 2.75) is 0 Å². The number of allylic oxidation sites excluding steroid dienone is 1. The van der Waals surface area contributed by atoms with Crippen LogP contribution in [0.5, 0.6) is 0 Å². The number of benzene rings is 2. The van der Waals surface area contributed by atoms with E-state index in [-0.39, 0.29) is 5.78 Å². The number of hydrogen-bond acceptors (Lipinski definition) is 3. The van der Waals surface area contributed by atoms with Gasteiger partial charge in [-0.05, 0) is 35.9 Å². The number of nitrogens with zero attached hydrogens (tertiary/aromatic N) is 3. The standard InChI is InChI=1S/C17H12FN3O/c18-15-3-1-2-14(10-15)17(22)9-6-13-4-7-16(8-5-13)21-12-19-11-20-21/h1-12H. The van der Waals surface area contributed by atoms with Crippen molar-refractivity contribution in [3.05, 3.63) is 84.2 Å². The molecule has 0 aliphatic rings. The molecule has 0 aliphatic carbocycles. The number of aromatic nitrogens is 3. The molecule has 1 aromatic heterocycles. The predicted molar refractivity (Wildman–Crippen MR) is 81.1 cm³/mol. The number of hydrogen-bond donors (Lipinski definition) is 0. The van der Waals surface area contributed by atoms with Crippen LogP contribution in [0.4, 0.5) is 4.39 Å². The average molecular weight is 293 g/mol. The first-order valence-electron chi connectivity index (χ1n) is 6.65. The van der Waals surface area contributed by atoms with Crippen LogP contribution in [0.15, 0.2) is 67.3 Å². The predicted octanol–water partition coefficient (Wildman–Crippen LogP) is 3.30. The van der Waals surface area contributed by atoms with Crippen LogP contribution in [0.1, 0.15) is 15.9 Å². The molecule has 0 N–H and O–H groups in total. The average Bonchev–Trinajstić information content (AvgIpc) is 3.07. The lowest BCUT2D eigenvalue weighted by molar-refractivity contribution is 0.104. The minimum atomic E-state index is -0.420. The fraction of sp³-hybridized carbons (Fsp3) is 0. The number of rotatable bonds is 4. The second-order valence-corrected chi connectivity index (χ2v) is 4.64. The molecule has 108 valence electrons. The molecule has 1 heterocycles. The summed E-state index contributed by atoms with van der Waals surface area (Å²) in [5.41, 5.74) is 2.08. The summed E-state index contributed by atoms with van der Waals surface area (Å²) in [6.07, 6.45) is 6.20. The molecule has 2 aromatic carbocycles. The third-order valence-electron chi connectivity index (χ3n) is 3.11. The van der Waals surface area contributed by atoms with Crippen molar-refractivity contribution < 1.29 is 9.18 Å². The van der Waals surface area contributed by atoms with E-state index >= 15 is 0 Å². The number of carbonyl (C=O) groups excluding carboxylic acids is 1. The van der Waals surface area contributed by atoms with E-state index in [9.17, 15) is 9.18 Å². The van der Waals surface area contributed by atoms with Gasteiger partial charge in [0.25, 0.3) is 0 Å². The number of ketones is 1. The molecular weight excluding hydrogens is 281 g/mol. The molecule has 0 atom stereocenters. The zero-order valence-electron chi connectivity index (χ0n) is 11.6. The Labute approximate surface area is 126 Å². The van der Waals surface area contributed by atoms with Crippen molar-refractivity contribution in [3.8, 4) is 5.69 Å². The molecule has 0 amide bonds. The van der Waals surface area contributed by atoms with Gasteiger partial charge in [0, 0.05) is 5.56 Å². The summed E-state index contributed by atoms with van der Waals surface area (Å²) in [4.78, 5) is 15.8. The molecule has 3 aromatic rings. The topological polar surface area (TPSA) is 47.8 Å². The van der Waals surface area contributed by atoms with Crippen LogP contribution >= 0.6 is 0 Å². The lowest BCUT2D eigenvalue weighted by Crippen LogP contribution is -1.95. The van der Waals surface area contributed by atoms with E-state index in [1.54, 1.807) is 23.2 Å². The molecule has 0 saturated carbocycles. The zero-order valence-corrected chi connectivity index (χ0v) is 11.6. The van der Waals surface area contributed by atoms with Crippen molar-refractivity contribution in [2.24, 2.45) is 0 Å². The van der Waals surface area contributed by atoms with Crippen molar-refractivity contribution in [3.63, 3.8) is 0 Å². The quantitative estimate of drug-likeness (QED) is 0.548. The molecule has 0 spiro atoms. The van der Waals surface area contributed by atoms with Gasteiger partial charge in [-0.3, -0.25) is 4.79 Å². The molecule has 0 radical (unpaired) electrons. The monoisotopic (exact) mass is 293 g/mol. The summed E-state index contributed by atoms with van der Waals surface area (Å²) in [5, 5.41) is 4.04. The molecular formula is C17H12FN3O. The van der Waals surface area contributed by atoms with E-state index in [1.807, 2.05) is 24.3 Å². The minimum absolute atomic E-state index is 0.236.